The van der Waals surface area contributed by atoms with Crippen LogP contribution in [-0.4, -0.2) is 0 Å². The molecule has 0 aliphatic heterocycles. The van der Waals surface area contributed by atoms with Crippen LogP contribution in [-0.2, 0) is 10.8 Å². The molecule has 7 aliphatic rings. The lowest BCUT2D eigenvalue weighted by atomic mass is 9.50. The fourth-order valence-corrected chi connectivity index (χ4v) is 12.5. The van der Waals surface area contributed by atoms with Crippen LogP contribution in [0.15, 0.2) is 84.5 Å². The molecule has 46 heavy (non-hydrogen) atoms. The lowest BCUT2D eigenvalue weighted by Crippen LogP contribution is -2.46. The second-order valence-electron chi connectivity index (χ2n) is 17.4. The molecule has 0 heterocycles. The molecule has 7 unspecified atom stereocenters. The minimum absolute atomic E-state index is 0.0375. The Bertz CT molecular complexity index is 1730. The van der Waals surface area contributed by atoms with Gasteiger partial charge in [-0.3, -0.25) is 0 Å². The van der Waals surface area contributed by atoms with Crippen molar-refractivity contribution in [3.63, 3.8) is 0 Å². The molecule has 1 heteroatoms. The van der Waals surface area contributed by atoms with Gasteiger partial charge in [0.1, 0.15) is 0 Å². The highest BCUT2D eigenvalue weighted by molar-refractivity contribution is 5.86. The molecule has 1 nitrogen and oxygen atoms in total. The zero-order valence-electron chi connectivity index (χ0n) is 28.1. The van der Waals surface area contributed by atoms with E-state index >= 15 is 0 Å². The van der Waals surface area contributed by atoms with Gasteiger partial charge in [0.25, 0.3) is 0 Å². The van der Waals surface area contributed by atoms with Crippen molar-refractivity contribution in [2.45, 2.75) is 114 Å². The Morgan fingerprint density at radius 3 is 2.20 bits per heavy atom. The number of rotatable bonds is 5. The first-order chi connectivity index (χ1) is 22.4. The van der Waals surface area contributed by atoms with E-state index < -0.39 is 0 Å². The standard InChI is InChI=1S/C45H51N/c1-44(2)42-6-4-3-5-39(42)40-20-19-38(26-43(40)44)46(36-15-11-32(12-16-36)41-25-29-7-10-33(41)23-29)37-17-13-35(14-18-37)45-22-21-31-9-8-30(27-45)24-34(31)28-45/h4,6,11-20,26,29-31,33-34,41H,3,5,7-10,21-25,27-28H2,1-2H3. The predicted molar refractivity (Wildman–Crippen MR) is 192 cm³/mol. The third-order valence-corrected chi connectivity index (χ3v) is 14.7. The normalized spacial score (nSPS) is 34.6. The van der Waals surface area contributed by atoms with Crippen molar-refractivity contribution >= 4 is 22.6 Å². The summed E-state index contributed by atoms with van der Waals surface area (Å²) in [6.45, 7) is 4.87. The van der Waals surface area contributed by atoms with Gasteiger partial charge in [0.05, 0.1) is 0 Å². The largest absolute Gasteiger partial charge is 0.310 e. The highest BCUT2D eigenvalue weighted by atomic mass is 15.1. The molecule has 3 aromatic rings. The van der Waals surface area contributed by atoms with Crippen LogP contribution in [0, 0.1) is 29.6 Å². The van der Waals surface area contributed by atoms with Crippen molar-refractivity contribution in [2.24, 2.45) is 29.6 Å². The molecule has 5 saturated carbocycles. The summed E-state index contributed by atoms with van der Waals surface area (Å²) in [5.74, 6) is 5.63. The van der Waals surface area contributed by atoms with Gasteiger partial charge in [-0.15, -0.1) is 0 Å². The molecular weight excluding hydrogens is 555 g/mol. The molecule has 0 spiro atoms. The van der Waals surface area contributed by atoms with Gasteiger partial charge in [0.15, 0.2) is 0 Å². The second-order valence-corrected chi connectivity index (χ2v) is 17.4. The van der Waals surface area contributed by atoms with Crippen LogP contribution in [0.3, 0.4) is 0 Å². The summed E-state index contributed by atoms with van der Waals surface area (Å²) >= 11 is 0. The topological polar surface area (TPSA) is 3.24 Å². The minimum Gasteiger partial charge on any atom is -0.310 e. The lowest BCUT2D eigenvalue weighted by Gasteiger charge is -2.55. The second kappa shape index (κ2) is 10.2. The maximum Gasteiger partial charge on any atom is 0.0465 e. The van der Waals surface area contributed by atoms with Crippen LogP contribution < -0.4 is 4.90 Å². The molecule has 0 amide bonds. The van der Waals surface area contributed by atoms with E-state index in [2.05, 4.69) is 97.6 Å². The van der Waals surface area contributed by atoms with E-state index in [0.29, 0.717) is 5.41 Å². The molecule has 5 bridgehead atoms. The average Bonchev–Trinajstić information content (AvgIpc) is 3.78. The van der Waals surface area contributed by atoms with E-state index in [0.717, 1.165) is 41.9 Å². The number of hydrogen-bond donors (Lipinski definition) is 0. The van der Waals surface area contributed by atoms with E-state index in [1.807, 2.05) is 0 Å². The zero-order chi connectivity index (χ0) is 30.6. The third-order valence-electron chi connectivity index (χ3n) is 14.7. The number of anilines is 3. The van der Waals surface area contributed by atoms with E-state index in [4.69, 9.17) is 0 Å². The number of fused-ring (bicyclic) bond motifs is 6. The van der Waals surface area contributed by atoms with Crippen LogP contribution in [0.1, 0.15) is 125 Å². The zero-order valence-corrected chi connectivity index (χ0v) is 28.1. The third kappa shape index (κ3) is 4.18. The summed E-state index contributed by atoms with van der Waals surface area (Å²) < 4.78 is 0. The molecule has 0 aromatic heterocycles. The number of hydrogen-bond acceptors (Lipinski definition) is 1. The molecule has 7 aliphatic carbocycles. The number of allylic oxidation sites excluding steroid dienone is 4. The van der Waals surface area contributed by atoms with E-state index in [-0.39, 0.29) is 5.41 Å². The van der Waals surface area contributed by atoms with Gasteiger partial charge in [-0.2, -0.15) is 0 Å². The first-order valence-corrected chi connectivity index (χ1v) is 19.0. The van der Waals surface area contributed by atoms with Crippen molar-refractivity contribution in [2.75, 3.05) is 4.90 Å². The maximum absolute atomic E-state index is 2.56. The average molecular weight is 606 g/mol. The molecule has 10 rings (SSSR count). The highest BCUT2D eigenvalue weighted by Gasteiger charge is 2.49. The van der Waals surface area contributed by atoms with Crippen molar-refractivity contribution in [1.82, 2.24) is 0 Å². The number of nitrogens with zero attached hydrogens (tertiary/aromatic N) is 1. The first-order valence-electron chi connectivity index (χ1n) is 19.0. The quantitative estimate of drug-likeness (QED) is 0.280. The molecule has 5 fully saturated rings. The Hall–Kier alpha value is -3.06. The summed E-state index contributed by atoms with van der Waals surface area (Å²) in [6, 6.07) is 27.2. The monoisotopic (exact) mass is 605 g/mol. The molecule has 0 saturated heterocycles. The van der Waals surface area contributed by atoms with Crippen LogP contribution in [0.25, 0.3) is 5.57 Å². The molecule has 3 aromatic carbocycles. The Kier molecular flexibility index (Phi) is 6.22. The van der Waals surface area contributed by atoms with Crippen LogP contribution >= 0.6 is 0 Å². The van der Waals surface area contributed by atoms with Crippen molar-refractivity contribution in [3.05, 3.63) is 107 Å². The Morgan fingerprint density at radius 1 is 0.674 bits per heavy atom. The van der Waals surface area contributed by atoms with Gasteiger partial charge < -0.3 is 4.90 Å². The lowest BCUT2D eigenvalue weighted by molar-refractivity contribution is 0.00964. The molecule has 236 valence electrons. The summed E-state index contributed by atoms with van der Waals surface area (Å²) in [7, 11) is 0. The van der Waals surface area contributed by atoms with Gasteiger partial charge >= 0.3 is 0 Å². The van der Waals surface area contributed by atoms with Gasteiger partial charge in [-0.05, 0) is 181 Å². The van der Waals surface area contributed by atoms with Gasteiger partial charge in [0.2, 0.25) is 0 Å². The SMILES string of the molecule is CC1(C)C2=C(CCC=C2)c2ccc(N(c3ccc(C4CC5CCC4C5)cc3)c3ccc(C45CCC6CCC(CC6C4)C5)cc3)cc21. The van der Waals surface area contributed by atoms with Gasteiger partial charge in [-0.25, -0.2) is 0 Å². The smallest absolute Gasteiger partial charge is 0.0465 e. The first kappa shape index (κ1) is 28.0. The Balaban J connectivity index is 1.03. The maximum atomic E-state index is 2.56. The molecule has 0 radical (unpaired) electrons. The van der Waals surface area contributed by atoms with Crippen molar-refractivity contribution < 1.29 is 0 Å². The molecule has 0 N–H and O–H groups in total. The predicted octanol–water partition coefficient (Wildman–Crippen LogP) is 12.3. The van der Waals surface area contributed by atoms with Crippen molar-refractivity contribution in [3.8, 4) is 0 Å². The molecular formula is C45H51N. The number of benzene rings is 3. The van der Waals surface area contributed by atoms with Crippen molar-refractivity contribution in [1.29, 1.82) is 0 Å². The van der Waals surface area contributed by atoms with E-state index in [9.17, 15) is 0 Å². The van der Waals surface area contributed by atoms with Crippen LogP contribution in [0.2, 0.25) is 0 Å². The summed E-state index contributed by atoms with van der Waals surface area (Å²) in [6.07, 6.45) is 23.1. The van der Waals surface area contributed by atoms with E-state index in [1.165, 1.54) is 111 Å². The summed E-state index contributed by atoms with van der Waals surface area (Å²) in [4.78, 5) is 2.56. The fraction of sp³-hybridized carbons (Fsp3) is 0.511. The van der Waals surface area contributed by atoms with Crippen LogP contribution in [0.4, 0.5) is 17.1 Å². The van der Waals surface area contributed by atoms with Gasteiger partial charge in [0, 0.05) is 22.5 Å². The van der Waals surface area contributed by atoms with Gasteiger partial charge in [-0.1, -0.05) is 69.2 Å². The summed E-state index contributed by atoms with van der Waals surface area (Å²) in [5, 5.41) is 0. The minimum atomic E-state index is 0.0375. The highest BCUT2D eigenvalue weighted by Crippen LogP contribution is 2.59. The summed E-state index contributed by atoms with van der Waals surface area (Å²) in [5.41, 5.74) is 13.6. The molecule has 7 atom stereocenters. The Labute approximate surface area is 277 Å². The van der Waals surface area contributed by atoms with Crippen LogP contribution in [0.5, 0.6) is 0 Å². The Morgan fingerprint density at radius 2 is 1.41 bits per heavy atom. The van der Waals surface area contributed by atoms with E-state index in [1.54, 1.807) is 16.7 Å². The fourth-order valence-electron chi connectivity index (χ4n) is 12.5.